The van der Waals surface area contributed by atoms with Crippen molar-refractivity contribution in [3.8, 4) is 0 Å². The third-order valence-corrected chi connectivity index (χ3v) is 6.88. The molecule has 4 fully saturated rings. The summed E-state index contributed by atoms with van der Waals surface area (Å²) in [5.41, 5.74) is 2.93. The summed E-state index contributed by atoms with van der Waals surface area (Å²) in [6.45, 7) is 0. The largest absolute Gasteiger partial charge is 0.322 e. The smallest absolute Gasteiger partial charge is 0.255 e. The van der Waals surface area contributed by atoms with Gasteiger partial charge in [0.1, 0.15) is 5.82 Å². The van der Waals surface area contributed by atoms with Crippen molar-refractivity contribution in [2.45, 2.75) is 43.9 Å². The van der Waals surface area contributed by atoms with Gasteiger partial charge in [-0.25, -0.2) is 4.39 Å². The van der Waals surface area contributed by atoms with Gasteiger partial charge in [-0.05, 0) is 97.6 Å². The molecule has 2 nitrogen and oxygen atoms in total. The highest BCUT2D eigenvalue weighted by atomic mass is 19.1. The normalized spacial score (nSPS) is 31.8. The summed E-state index contributed by atoms with van der Waals surface area (Å²) in [7, 11) is 0. The molecule has 4 aliphatic carbocycles. The van der Waals surface area contributed by atoms with E-state index >= 15 is 0 Å². The fourth-order valence-electron chi connectivity index (χ4n) is 6.20. The van der Waals surface area contributed by atoms with Crippen LogP contribution >= 0.6 is 0 Å². The van der Waals surface area contributed by atoms with Crippen molar-refractivity contribution in [3.63, 3.8) is 0 Å². The molecule has 134 valence electrons. The van der Waals surface area contributed by atoms with Gasteiger partial charge in [0.2, 0.25) is 0 Å². The van der Waals surface area contributed by atoms with Crippen molar-refractivity contribution in [3.05, 3.63) is 65.5 Å². The van der Waals surface area contributed by atoms with E-state index in [0.29, 0.717) is 11.0 Å². The zero-order valence-electron chi connectivity index (χ0n) is 14.9. The molecule has 0 atom stereocenters. The van der Waals surface area contributed by atoms with Crippen LogP contribution in [-0.2, 0) is 5.41 Å². The van der Waals surface area contributed by atoms with E-state index in [2.05, 4.69) is 17.4 Å². The predicted octanol–water partition coefficient (Wildman–Crippen LogP) is 5.55. The summed E-state index contributed by atoms with van der Waals surface area (Å²) < 4.78 is 13.3. The minimum atomic E-state index is -0.394. The van der Waals surface area contributed by atoms with Gasteiger partial charge < -0.3 is 5.32 Å². The first kappa shape index (κ1) is 16.0. The van der Waals surface area contributed by atoms with Crippen LogP contribution in [0.3, 0.4) is 0 Å². The lowest BCUT2D eigenvalue weighted by molar-refractivity contribution is -0.00518. The first-order valence-electron chi connectivity index (χ1n) is 9.77. The van der Waals surface area contributed by atoms with Gasteiger partial charge in [-0.1, -0.05) is 18.2 Å². The first-order valence-corrected chi connectivity index (χ1v) is 9.77. The molecule has 6 rings (SSSR count). The lowest BCUT2D eigenvalue weighted by Gasteiger charge is -2.57. The van der Waals surface area contributed by atoms with Gasteiger partial charge in [0, 0.05) is 11.3 Å². The van der Waals surface area contributed by atoms with Gasteiger partial charge in [0.15, 0.2) is 0 Å². The Morgan fingerprint density at radius 3 is 2.12 bits per heavy atom. The van der Waals surface area contributed by atoms with Crippen LogP contribution in [0, 0.1) is 23.6 Å². The second-order valence-corrected chi connectivity index (χ2v) is 8.74. The van der Waals surface area contributed by atoms with Crippen molar-refractivity contribution in [1.82, 2.24) is 0 Å². The molecule has 4 saturated carbocycles. The van der Waals surface area contributed by atoms with Crippen molar-refractivity contribution in [1.29, 1.82) is 0 Å². The maximum absolute atomic E-state index is 13.3. The maximum atomic E-state index is 13.3. The number of amides is 1. The van der Waals surface area contributed by atoms with E-state index in [4.69, 9.17) is 0 Å². The summed E-state index contributed by atoms with van der Waals surface area (Å²) in [6.07, 6.45) is 8.36. The summed E-state index contributed by atoms with van der Waals surface area (Å²) in [4.78, 5) is 12.3. The van der Waals surface area contributed by atoms with Crippen molar-refractivity contribution >= 4 is 11.6 Å². The van der Waals surface area contributed by atoms with E-state index in [9.17, 15) is 9.18 Å². The van der Waals surface area contributed by atoms with Gasteiger partial charge in [0.05, 0.1) is 0 Å². The number of hydrogen-bond donors (Lipinski definition) is 1. The Balaban J connectivity index is 1.34. The maximum Gasteiger partial charge on any atom is 0.255 e. The molecule has 0 saturated heterocycles. The minimum Gasteiger partial charge on any atom is -0.322 e. The molecular weight excluding hydrogens is 325 g/mol. The molecule has 3 heteroatoms. The molecule has 0 spiro atoms. The first-order chi connectivity index (χ1) is 12.6. The number of anilines is 1. The number of hydrogen-bond acceptors (Lipinski definition) is 1. The number of benzene rings is 2. The van der Waals surface area contributed by atoms with Crippen LogP contribution in [0.25, 0.3) is 0 Å². The van der Waals surface area contributed by atoms with Crippen LogP contribution in [0.5, 0.6) is 0 Å². The Labute approximate surface area is 153 Å². The van der Waals surface area contributed by atoms with Gasteiger partial charge in [-0.3, -0.25) is 4.79 Å². The predicted molar refractivity (Wildman–Crippen MR) is 101 cm³/mol. The molecule has 2 aromatic rings. The van der Waals surface area contributed by atoms with E-state index in [1.807, 2.05) is 12.1 Å². The van der Waals surface area contributed by atoms with Gasteiger partial charge in [-0.15, -0.1) is 0 Å². The molecule has 4 aliphatic rings. The van der Waals surface area contributed by atoms with E-state index < -0.39 is 5.82 Å². The van der Waals surface area contributed by atoms with Gasteiger partial charge in [0.25, 0.3) is 5.91 Å². The molecule has 2 aromatic carbocycles. The van der Waals surface area contributed by atoms with Crippen LogP contribution in [-0.4, -0.2) is 5.91 Å². The molecule has 0 aromatic heterocycles. The SMILES string of the molecule is O=C(Nc1ccc(C23CC4CC(CC(C4)C2)C3)cc1)c1cccc(F)c1. The second-order valence-electron chi connectivity index (χ2n) is 8.74. The highest BCUT2D eigenvalue weighted by Crippen LogP contribution is 2.60. The average Bonchev–Trinajstić information content (AvgIpc) is 2.61. The lowest BCUT2D eigenvalue weighted by Crippen LogP contribution is -2.48. The Morgan fingerprint density at radius 1 is 0.923 bits per heavy atom. The highest BCUT2D eigenvalue weighted by Gasteiger charge is 2.51. The van der Waals surface area contributed by atoms with E-state index in [0.717, 1.165) is 23.4 Å². The summed E-state index contributed by atoms with van der Waals surface area (Å²) in [6, 6.07) is 14.2. The third-order valence-electron chi connectivity index (χ3n) is 6.88. The standard InChI is InChI=1S/C23H24FNO/c24-20-3-1-2-18(11-20)22(26)25-21-6-4-19(5-7-21)23-12-15-8-16(13-23)10-17(9-15)14-23/h1-7,11,15-17H,8-10,12-14H2,(H,25,26). The van der Waals surface area contributed by atoms with E-state index in [1.54, 1.807) is 12.1 Å². The zero-order valence-corrected chi connectivity index (χ0v) is 14.9. The van der Waals surface area contributed by atoms with E-state index in [1.165, 1.54) is 56.2 Å². The topological polar surface area (TPSA) is 29.1 Å². The molecule has 0 radical (unpaired) electrons. The fourth-order valence-corrected chi connectivity index (χ4v) is 6.20. The molecule has 0 aliphatic heterocycles. The number of carbonyl (C=O) groups excluding carboxylic acids is 1. The van der Waals surface area contributed by atoms with Crippen LogP contribution < -0.4 is 5.32 Å². The Bertz CT molecular complexity index is 806. The summed E-state index contributed by atoms with van der Waals surface area (Å²) >= 11 is 0. The van der Waals surface area contributed by atoms with E-state index in [-0.39, 0.29) is 5.91 Å². The molecule has 1 N–H and O–H groups in total. The van der Waals surface area contributed by atoms with Crippen molar-refractivity contribution < 1.29 is 9.18 Å². The number of nitrogens with one attached hydrogen (secondary N) is 1. The zero-order chi connectivity index (χ0) is 17.7. The highest BCUT2D eigenvalue weighted by molar-refractivity contribution is 6.04. The lowest BCUT2D eigenvalue weighted by atomic mass is 9.48. The van der Waals surface area contributed by atoms with Crippen molar-refractivity contribution in [2.75, 3.05) is 5.32 Å². The molecule has 4 bridgehead atoms. The Hall–Kier alpha value is -2.16. The Morgan fingerprint density at radius 2 is 1.54 bits per heavy atom. The summed E-state index contributed by atoms with van der Waals surface area (Å²) in [5, 5.41) is 2.88. The minimum absolute atomic E-state index is 0.271. The number of carbonyl (C=O) groups is 1. The second kappa shape index (κ2) is 5.94. The molecule has 0 heterocycles. The molecule has 0 unspecified atom stereocenters. The van der Waals surface area contributed by atoms with Crippen LogP contribution in [0.2, 0.25) is 0 Å². The van der Waals surface area contributed by atoms with Gasteiger partial charge in [-0.2, -0.15) is 0 Å². The number of rotatable bonds is 3. The summed E-state index contributed by atoms with van der Waals surface area (Å²) in [5.74, 6) is 2.11. The molecule has 26 heavy (non-hydrogen) atoms. The third kappa shape index (κ3) is 2.74. The van der Waals surface area contributed by atoms with Crippen LogP contribution in [0.15, 0.2) is 48.5 Å². The fraction of sp³-hybridized carbons (Fsp3) is 0.435. The average molecular weight is 349 g/mol. The van der Waals surface area contributed by atoms with Gasteiger partial charge >= 0.3 is 0 Å². The molecular formula is C23H24FNO. The number of halogens is 1. The quantitative estimate of drug-likeness (QED) is 0.774. The van der Waals surface area contributed by atoms with Crippen molar-refractivity contribution in [2.24, 2.45) is 17.8 Å². The Kier molecular flexibility index (Phi) is 3.66. The molecule has 1 amide bonds. The van der Waals surface area contributed by atoms with Crippen LogP contribution in [0.4, 0.5) is 10.1 Å². The monoisotopic (exact) mass is 349 g/mol. The van der Waals surface area contributed by atoms with Crippen LogP contribution in [0.1, 0.15) is 54.4 Å².